The topological polar surface area (TPSA) is 56.2 Å². The summed E-state index contributed by atoms with van der Waals surface area (Å²) >= 11 is 6.19. The lowest BCUT2D eigenvalue weighted by molar-refractivity contribution is -0.123. The van der Waals surface area contributed by atoms with Crippen molar-refractivity contribution in [3.05, 3.63) is 16.4 Å². The SMILES string of the molecule is CCn1nc(C)c(Cl)c1CC(=O)C1COCCN1. The highest BCUT2D eigenvalue weighted by atomic mass is 35.5. The van der Waals surface area contributed by atoms with E-state index < -0.39 is 0 Å². The van der Waals surface area contributed by atoms with Crippen LogP contribution in [0.2, 0.25) is 5.02 Å². The van der Waals surface area contributed by atoms with Crippen molar-refractivity contribution in [2.45, 2.75) is 32.9 Å². The highest BCUT2D eigenvalue weighted by molar-refractivity contribution is 6.32. The van der Waals surface area contributed by atoms with Crippen molar-refractivity contribution < 1.29 is 9.53 Å². The molecule has 100 valence electrons. The number of nitrogens with zero attached hydrogens (tertiary/aromatic N) is 2. The molecule has 0 aromatic carbocycles. The third-order valence-corrected chi connectivity index (χ3v) is 3.60. The fourth-order valence-corrected chi connectivity index (χ4v) is 2.30. The zero-order valence-corrected chi connectivity index (χ0v) is 11.5. The average molecular weight is 272 g/mol. The van der Waals surface area contributed by atoms with Gasteiger partial charge in [-0.1, -0.05) is 11.6 Å². The molecule has 1 N–H and O–H groups in total. The Morgan fingerprint density at radius 3 is 3.06 bits per heavy atom. The number of hydrogen-bond acceptors (Lipinski definition) is 4. The maximum atomic E-state index is 12.2. The molecule has 1 unspecified atom stereocenters. The monoisotopic (exact) mass is 271 g/mol. The second-order valence-corrected chi connectivity index (χ2v) is 4.76. The predicted molar refractivity (Wildman–Crippen MR) is 69.0 cm³/mol. The van der Waals surface area contributed by atoms with E-state index in [1.54, 1.807) is 4.68 Å². The minimum absolute atomic E-state index is 0.103. The van der Waals surface area contributed by atoms with E-state index in [0.29, 0.717) is 31.2 Å². The van der Waals surface area contributed by atoms with Gasteiger partial charge in [-0.2, -0.15) is 5.10 Å². The van der Waals surface area contributed by atoms with E-state index in [9.17, 15) is 4.79 Å². The van der Waals surface area contributed by atoms with Gasteiger partial charge in [-0.05, 0) is 13.8 Å². The maximum Gasteiger partial charge on any atom is 0.158 e. The quantitative estimate of drug-likeness (QED) is 0.886. The van der Waals surface area contributed by atoms with Crippen molar-refractivity contribution >= 4 is 17.4 Å². The number of halogens is 1. The van der Waals surface area contributed by atoms with Crippen molar-refractivity contribution in [2.24, 2.45) is 0 Å². The van der Waals surface area contributed by atoms with Gasteiger partial charge >= 0.3 is 0 Å². The third-order valence-electron chi connectivity index (χ3n) is 3.10. The van der Waals surface area contributed by atoms with Crippen LogP contribution in [0, 0.1) is 6.92 Å². The number of rotatable bonds is 4. The second kappa shape index (κ2) is 5.82. The van der Waals surface area contributed by atoms with E-state index in [4.69, 9.17) is 16.3 Å². The highest BCUT2D eigenvalue weighted by Crippen LogP contribution is 2.21. The Hall–Kier alpha value is -0.910. The normalized spacial score (nSPS) is 20.1. The molecule has 2 rings (SSSR count). The standard InChI is InChI=1S/C12H18ClN3O2/c1-3-16-10(12(13)8(2)15-16)6-11(17)9-7-18-5-4-14-9/h9,14H,3-7H2,1-2H3. The largest absolute Gasteiger partial charge is 0.378 e. The van der Waals surface area contributed by atoms with Crippen LogP contribution in [0.3, 0.4) is 0 Å². The summed E-state index contributed by atoms with van der Waals surface area (Å²) in [7, 11) is 0. The van der Waals surface area contributed by atoms with Gasteiger partial charge in [0, 0.05) is 13.1 Å². The van der Waals surface area contributed by atoms with Crippen LogP contribution in [0.1, 0.15) is 18.3 Å². The van der Waals surface area contributed by atoms with Crippen molar-refractivity contribution in [3.63, 3.8) is 0 Å². The first kappa shape index (κ1) is 13.5. The van der Waals surface area contributed by atoms with Crippen LogP contribution < -0.4 is 5.32 Å². The fourth-order valence-electron chi connectivity index (χ4n) is 2.10. The molecule has 1 aromatic heterocycles. The van der Waals surface area contributed by atoms with Crippen LogP contribution in [-0.4, -0.2) is 41.4 Å². The Morgan fingerprint density at radius 1 is 1.67 bits per heavy atom. The van der Waals surface area contributed by atoms with Gasteiger partial charge in [-0.15, -0.1) is 0 Å². The molecule has 1 aliphatic rings. The van der Waals surface area contributed by atoms with Crippen molar-refractivity contribution in [3.8, 4) is 0 Å². The number of morpholine rings is 1. The lowest BCUT2D eigenvalue weighted by Gasteiger charge is -2.22. The molecule has 1 fully saturated rings. The van der Waals surface area contributed by atoms with Gasteiger partial charge < -0.3 is 10.1 Å². The highest BCUT2D eigenvalue weighted by Gasteiger charge is 2.24. The number of ether oxygens (including phenoxy) is 1. The molecule has 2 heterocycles. The van der Waals surface area contributed by atoms with Gasteiger partial charge in [0.25, 0.3) is 0 Å². The summed E-state index contributed by atoms with van der Waals surface area (Å²) in [5.74, 6) is 0.103. The van der Waals surface area contributed by atoms with Crippen molar-refractivity contribution in [2.75, 3.05) is 19.8 Å². The molecular formula is C12H18ClN3O2. The molecule has 0 bridgehead atoms. The summed E-state index contributed by atoms with van der Waals surface area (Å²) in [6.07, 6.45) is 0.300. The molecule has 1 atom stereocenters. The van der Waals surface area contributed by atoms with E-state index in [0.717, 1.165) is 17.9 Å². The Balaban J connectivity index is 2.10. The first-order chi connectivity index (χ1) is 8.63. The smallest absolute Gasteiger partial charge is 0.158 e. The Labute approximate surface area is 111 Å². The van der Waals surface area contributed by atoms with Crippen LogP contribution in [0.5, 0.6) is 0 Å². The molecule has 0 spiro atoms. The molecule has 0 amide bonds. The number of ketones is 1. The van der Waals surface area contributed by atoms with E-state index in [2.05, 4.69) is 10.4 Å². The van der Waals surface area contributed by atoms with Crippen LogP contribution in [0.4, 0.5) is 0 Å². The Morgan fingerprint density at radius 2 is 2.44 bits per heavy atom. The summed E-state index contributed by atoms with van der Waals surface area (Å²) in [6.45, 7) is 6.37. The fraction of sp³-hybridized carbons (Fsp3) is 0.667. The summed E-state index contributed by atoms with van der Waals surface area (Å²) in [4.78, 5) is 12.2. The van der Waals surface area contributed by atoms with Gasteiger partial charge in [0.15, 0.2) is 5.78 Å². The molecule has 0 aliphatic carbocycles. The zero-order chi connectivity index (χ0) is 13.1. The lowest BCUT2D eigenvalue weighted by Crippen LogP contribution is -2.47. The first-order valence-corrected chi connectivity index (χ1v) is 6.57. The predicted octanol–water partition coefficient (Wildman–Crippen LogP) is 0.965. The Kier molecular flexibility index (Phi) is 4.37. The molecule has 1 aliphatic heterocycles. The molecule has 0 radical (unpaired) electrons. The number of aryl methyl sites for hydroxylation is 2. The molecular weight excluding hydrogens is 254 g/mol. The summed E-state index contributed by atoms with van der Waals surface area (Å²) in [6, 6.07) is -0.227. The third kappa shape index (κ3) is 2.74. The number of carbonyl (C=O) groups is 1. The molecule has 0 saturated carbocycles. The van der Waals surface area contributed by atoms with E-state index in [1.807, 2.05) is 13.8 Å². The zero-order valence-electron chi connectivity index (χ0n) is 10.7. The number of carbonyl (C=O) groups excluding carboxylic acids is 1. The van der Waals surface area contributed by atoms with Crippen molar-refractivity contribution in [1.29, 1.82) is 0 Å². The maximum absolute atomic E-state index is 12.2. The summed E-state index contributed by atoms with van der Waals surface area (Å²) in [5.41, 5.74) is 1.57. The Bertz CT molecular complexity index is 439. The molecule has 1 saturated heterocycles. The second-order valence-electron chi connectivity index (χ2n) is 4.39. The molecule has 5 nitrogen and oxygen atoms in total. The summed E-state index contributed by atoms with van der Waals surface area (Å²) < 4.78 is 7.09. The number of aromatic nitrogens is 2. The minimum Gasteiger partial charge on any atom is -0.378 e. The number of Topliss-reactive ketones (excluding diaryl/α,β-unsaturated/α-hetero) is 1. The average Bonchev–Trinajstić information content (AvgIpc) is 2.67. The lowest BCUT2D eigenvalue weighted by atomic mass is 10.1. The molecule has 1 aromatic rings. The van der Waals surface area contributed by atoms with Crippen LogP contribution >= 0.6 is 11.6 Å². The van der Waals surface area contributed by atoms with E-state index in [-0.39, 0.29) is 11.8 Å². The van der Waals surface area contributed by atoms with Gasteiger partial charge in [0.1, 0.15) is 0 Å². The first-order valence-electron chi connectivity index (χ1n) is 6.19. The van der Waals surface area contributed by atoms with Gasteiger partial charge in [0.2, 0.25) is 0 Å². The molecule has 6 heteroatoms. The minimum atomic E-state index is -0.227. The van der Waals surface area contributed by atoms with E-state index in [1.165, 1.54) is 0 Å². The number of nitrogens with one attached hydrogen (secondary N) is 1. The summed E-state index contributed by atoms with van der Waals surface area (Å²) in [5, 5.41) is 8.06. The van der Waals surface area contributed by atoms with Gasteiger partial charge in [-0.3, -0.25) is 9.48 Å². The van der Waals surface area contributed by atoms with Crippen LogP contribution in [-0.2, 0) is 22.5 Å². The van der Waals surface area contributed by atoms with Crippen LogP contribution in [0.25, 0.3) is 0 Å². The van der Waals surface area contributed by atoms with Crippen LogP contribution in [0.15, 0.2) is 0 Å². The number of hydrogen-bond donors (Lipinski definition) is 1. The van der Waals surface area contributed by atoms with Gasteiger partial charge in [-0.25, -0.2) is 0 Å². The van der Waals surface area contributed by atoms with Crippen molar-refractivity contribution in [1.82, 2.24) is 15.1 Å². The van der Waals surface area contributed by atoms with Gasteiger partial charge in [0.05, 0.1) is 42.1 Å². The van der Waals surface area contributed by atoms with E-state index >= 15 is 0 Å². The molecule has 18 heavy (non-hydrogen) atoms.